The van der Waals surface area contributed by atoms with Crippen molar-refractivity contribution in [1.29, 1.82) is 0 Å². The van der Waals surface area contributed by atoms with E-state index < -0.39 is 9.84 Å². The minimum absolute atomic E-state index is 0.0585. The normalized spacial score (nSPS) is 20.6. The molecule has 6 heteroatoms. The van der Waals surface area contributed by atoms with E-state index in [1.54, 1.807) is 6.07 Å². The van der Waals surface area contributed by atoms with Gasteiger partial charge in [-0.1, -0.05) is 12.1 Å². The summed E-state index contributed by atoms with van der Waals surface area (Å²) in [5.74, 6) is 0.118. The maximum Gasteiger partial charge on any atom is 0.226 e. The van der Waals surface area contributed by atoms with Gasteiger partial charge < -0.3 is 10.3 Å². The Morgan fingerprint density at radius 2 is 2.17 bits per heavy atom. The third-order valence-electron chi connectivity index (χ3n) is 3.25. The summed E-state index contributed by atoms with van der Waals surface area (Å²) in [6.07, 6.45) is 1.96. The van der Waals surface area contributed by atoms with Crippen LogP contribution in [-0.4, -0.2) is 36.7 Å². The number of rotatable bonds is 3. The Balaban J connectivity index is 1.92. The van der Waals surface area contributed by atoms with Crippen LogP contribution in [0.3, 0.4) is 0 Å². The lowest BCUT2D eigenvalue weighted by Gasteiger charge is -2.08. The van der Waals surface area contributed by atoms with Crippen molar-refractivity contribution in [2.24, 2.45) is 0 Å². The van der Waals surface area contributed by atoms with Crippen LogP contribution in [0.25, 0.3) is 11.0 Å². The molecular weight excluding hydrogens is 250 g/mol. The van der Waals surface area contributed by atoms with Crippen LogP contribution < -0.4 is 5.32 Å². The number of nitrogens with zero attached hydrogens (tertiary/aromatic N) is 1. The van der Waals surface area contributed by atoms with Gasteiger partial charge in [0.15, 0.2) is 0 Å². The fourth-order valence-electron chi connectivity index (χ4n) is 2.32. The minimum atomic E-state index is -3.33. The van der Waals surface area contributed by atoms with Crippen molar-refractivity contribution < 1.29 is 8.42 Å². The molecule has 1 aromatic heterocycles. The Hall–Kier alpha value is -1.40. The van der Waals surface area contributed by atoms with Gasteiger partial charge in [-0.25, -0.2) is 13.4 Å². The number of para-hydroxylation sites is 2. The smallest absolute Gasteiger partial charge is 0.226 e. The number of imidazole rings is 1. The second-order valence-corrected chi connectivity index (χ2v) is 6.58. The first kappa shape index (κ1) is 11.7. The molecule has 5 nitrogen and oxygen atoms in total. The number of H-pyrrole nitrogens is 1. The lowest BCUT2D eigenvalue weighted by atomic mass is 10.3. The number of nitrogens with one attached hydrogen (secondary N) is 2. The molecular formula is C12H15N3O2S. The van der Waals surface area contributed by atoms with E-state index in [9.17, 15) is 8.42 Å². The molecule has 0 saturated carbocycles. The van der Waals surface area contributed by atoms with Crippen molar-refractivity contribution in [2.45, 2.75) is 24.0 Å². The van der Waals surface area contributed by atoms with Crippen LogP contribution in [0.2, 0.25) is 0 Å². The van der Waals surface area contributed by atoms with E-state index >= 15 is 0 Å². The Bertz CT molecular complexity index is 624. The van der Waals surface area contributed by atoms with Gasteiger partial charge in [-0.05, 0) is 31.5 Å². The van der Waals surface area contributed by atoms with Crippen LogP contribution in [0.15, 0.2) is 29.4 Å². The van der Waals surface area contributed by atoms with Crippen LogP contribution in [0.4, 0.5) is 0 Å². The summed E-state index contributed by atoms with van der Waals surface area (Å²) < 4.78 is 24.4. The number of fused-ring (bicyclic) bond motifs is 1. The molecule has 0 amide bonds. The standard InChI is InChI=1S/C12H15N3O2S/c16-18(17,8-9-4-3-7-13-9)12-14-10-5-1-2-6-11(10)15-12/h1-2,5-6,9,13H,3-4,7-8H2,(H,14,15)/t9-/m1/s1. The molecule has 2 aromatic rings. The Morgan fingerprint density at radius 1 is 1.33 bits per heavy atom. The van der Waals surface area contributed by atoms with Gasteiger partial charge in [-0.15, -0.1) is 0 Å². The fourth-order valence-corrected chi connectivity index (χ4v) is 3.79. The summed E-state index contributed by atoms with van der Waals surface area (Å²) in [5.41, 5.74) is 1.45. The predicted octanol–water partition coefficient (Wildman–Crippen LogP) is 1.09. The predicted molar refractivity (Wildman–Crippen MR) is 69.2 cm³/mol. The van der Waals surface area contributed by atoms with Crippen LogP contribution in [0.5, 0.6) is 0 Å². The van der Waals surface area contributed by atoms with Crippen LogP contribution in [0.1, 0.15) is 12.8 Å². The fraction of sp³-hybridized carbons (Fsp3) is 0.417. The Labute approximate surface area is 106 Å². The highest BCUT2D eigenvalue weighted by atomic mass is 32.2. The van der Waals surface area contributed by atoms with Crippen molar-refractivity contribution in [3.05, 3.63) is 24.3 Å². The average Bonchev–Trinajstić information content (AvgIpc) is 2.96. The molecule has 2 N–H and O–H groups in total. The molecule has 0 aliphatic carbocycles. The van der Waals surface area contributed by atoms with Crippen LogP contribution in [-0.2, 0) is 9.84 Å². The molecule has 2 heterocycles. The molecule has 0 bridgehead atoms. The van der Waals surface area contributed by atoms with Crippen molar-refractivity contribution in [3.63, 3.8) is 0 Å². The zero-order chi connectivity index (χ0) is 12.6. The molecule has 0 unspecified atom stereocenters. The average molecular weight is 265 g/mol. The highest BCUT2D eigenvalue weighted by molar-refractivity contribution is 7.91. The number of hydrogen-bond acceptors (Lipinski definition) is 4. The second-order valence-electron chi connectivity index (χ2n) is 4.63. The third-order valence-corrected chi connectivity index (χ3v) is 4.87. The minimum Gasteiger partial charge on any atom is -0.329 e. The van der Waals surface area contributed by atoms with E-state index in [0.717, 1.165) is 24.9 Å². The van der Waals surface area contributed by atoms with Crippen molar-refractivity contribution in [2.75, 3.05) is 12.3 Å². The van der Waals surface area contributed by atoms with Crippen LogP contribution >= 0.6 is 0 Å². The molecule has 1 aliphatic heterocycles. The van der Waals surface area contributed by atoms with Gasteiger partial charge in [0.2, 0.25) is 15.0 Å². The first-order valence-corrected chi connectivity index (χ1v) is 7.71. The van der Waals surface area contributed by atoms with Gasteiger partial charge in [-0.2, -0.15) is 0 Å². The molecule has 1 fully saturated rings. The highest BCUT2D eigenvalue weighted by Crippen LogP contribution is 2.17. The number of sulfone groups is 1. The number of hydrogen-bond donors (Lipinski definition) is 2. The SMILES string of the molecule is O=S(=O)(C[C@H]1CCCN1)c1nc2ccccc2[nH]1. The van der Waals surface area contributed by atoms with E-state index in [4.69, 9.17) is 0 Å². The van der Waals surface area contributed by atoms with Gasteiger partial charge >= 0.3 is 0 Å². The van der Waals surface area contributed by atoms with Gasteiger partial charge in [0.1, 0.15) is 0 Å². The van der Waals surface area contributed by atoms with E-state index in [2.05, 4.69) is 15.3 Å². The zero-order valence-electron chi connectivity index (χ0n) is 9.89. The second kappa shape index (κ2) is 4.37. The first-order chi connectivity index (χ1) is 8.65. The molecule has 1 atom stereocenters. The van der Waals surface area contributed by atoms with E-state index in [1.807, 2.05) is 18.2 Å². The maximum atomic E-state index is 12.2. The molecule has 96 valence electrons. The molecule has 0 radical (unpaired) electrons. The number of benzene rings is 1. The lowest BCUT2D eigenvalue weighted by molar-refractivity contribution is 0.571. The monoisotopic (exact) mass is 265 g/mol. The van der Waals surface area contributed by atoms with Crippen molar-refractivity contribution >= 4 is 20.9 Å². The summed E-state index contributed by atoms with van der Waals surface area (Å²) in [7, 11) is -3.33. The first-order valence-electron chi connectivity index (χ1n) is 6.06. The summed E-state index contributed by atoms with van der Waals surface area (Å²) in [4.78, 5) is 7.04. The van der Waals surface area contributed by atoms with E-state index in [-0.39, 0.29) is 17.0 Å². The number of aromatic nitrogens is 2. The zero-order valence-corrected chi connectivity index (χ0v) is 10.7. The Morgan fingerprint density at radius 3 is 2.89 bits per heavy atom. The molecule has 18 heavy (non-hydrogen) atoms. The molecule has 0 spiro atoms. The van der Waals surface area contributed by atoms with Gasteiger partial charge in [-0.3, -0.25) is 0 Å². The highest BCUT2D eigenvalue weighted by Gasteiger charge is 2.26. The lowest BCUT2D eigenvalue weighted by Crippen LogP contribution is -2.30. The largest absolute Gasteiger partial charge is 0.329 e. The maximum absolute atomic E-state index is 12.2. The topological polar surface area (TPSA) is 74.8 Å². The molecule has 1 aliphatic rings. The van der Waals surface area contributed by atoms with E-state index in [0.29, 0.717) is 5.52 Å². The summed E-state index contributed by atoms with van der Waals surface area (Å²) in [6, 6.07) is 7.39. The van der Waals surface area contributed by atoms with E-state index in [1.165, 1.54) is 0 Å². The summed E-state index contributed by atoms with van der Waals surface area (Å²) in [6.45, 7) is 0.903. The summed E-state index contributed by atoms with van der Waals surface area (Å²) >= 11 is 0. The van der Waals surface area contributed by atoms with Gasteiger partial charge in [0.25, 0.3) is 0 Å². The third kappa shape index (κ3) is 2.13. The summed E-state index contributed by atoms with van der Waals surface area (Å²) in [5, 5.41) is 3.28. The molecule has 1 aromatic carbocycles. The van der Waals surface area contributed by atoms with Crippen molar-refractivity contribution in [1.82, 2.24) is 15.3 Å². The molecule has 1 saturated heterocycles. The Kier molecular flexibility index (Phi) is 2.83. The number of aromatic amines is 1. The quantitative estimate of drug-likeness (QED) is 0.871. The molecule has 3 rings (SSSR count). The van der Waals surface area contributed by atoms with Gasteiger partial charge in [0, 0.05) is 6.04 Å². The van der Waals surface area contributed by atoms with Crippen LogP contribution in [0, 0.1) is 0 Å². The van der Waals surface area contributed by atoms with Crippen molar-refractivity contribution in [3.8, 4) is 0 Å². The van der Waals surface area contributed by atoms with Gasteiger partial charge in [0.05, 0.1) is 16.8 Å².